The minimum atomic E-state index is -2.44. The molecule has 0 aliphatic rings. The maximum Gasteiger partial charge on any atom is 0.250 e. The number of aliphatic hydroxyl groups excluding tert-OH is 1. The van der Waals surface area contributed by atoms with E-state index in [9.17, 15) is 9.50 Å². The quantitative estimate of drug-likeness (QED) is 0.897. The topological polar surface area (TPSA) is 44.0 Å². The van der Waals surface area contributed by atoms with E-state index >= 15 is 0 Å². The number of aliphatic hydroxyl groups is 1. The second kappa shape index (κ2) is 4.99. The van der Waals surface area contributed by atoms with Crippen LogP contribution in [0.25, 0.3) is 0 Å². The molecule has 2 rings (SSSR count). The Morgan fingerprint density at radius 2 is 1.50 bits per heavy atom. The molecule has 0 amide bonds. The third-order valence-corrected chi connectivity index (χ3v) is 2.85. The molecule has 0 aliphatic carbocycles. The van der Waals surface area contributed by atoms with Crippen molar-refractivity contribution in [1.29, 1.82) is 5.26 Å². The zero-order valence-corrected chi connectivity index (χ0v) is 9.62. The number of rotatable bonds is 3. The Hall–Kier alpha value is -2.18. The molecule has 2 aromatic carbocycles. The van der Waals surface area contributed by atoms with Gasteiger partial charge >= 0.3 is 0 Å². The number of benzene rings is 2. The molecule has 2 nitrogen and oxygen atoms in total. The first-order valence-electron chi connectivity index (χ1n) is 5.57. The number of alkyl halides is 1. The van der Waals surface area contributed by atoms with Gasteiger partial charge in [0.05, 0.1) is 0 Å². The highest BCUT2D eigenvalue weighted by Crippen LogP contribution is 2.38. The third-order valence-electron chi connectivity index (χ3n) is 2.85. The molecule has 1 N–H and O–H groups in total. The fourth-order valence-corrected chi connectivity index (χ4v) is 1.83. The van der Waals surface area contributed by atoms with E-state index in [1.54, 1.807) is 54.6 Å². The Bertz CT molecular complexity index is 550. The summed E-state index contributed by atoms with van der Waals surface area (Å²) in [5.41, 5.74) is -1.91. The summed E-state index contributed by atoms with van der Waals surface area (Å²) in [5.74, 6) is 0. The molecule has 0 fully saturated rings. The Balaban J connectivity index is 2.43. The normalized spacial score (nSPS) is 15.4. The van der Waals surface area contributed by atoms with Crippen LogP contribution in [0, 0.1) is 11.3 Å². The highest BCUT2D eigenvalue weighted by molar-refractivity contribution is 5.34. The van der Waals surface area contributed by atoms with Gasteiger partial charge in [-0.05, 0) is 5.56 Å². The summed E-state index contributed by atoms with van der Waals surface area (Å²) in [4.78, 5) is 0. The lowest BCUT2D eigenvalue weighted by Crippen LogP contribution is -2.27. The molecule has 2 atom stereocenters. The van der Waals surface area contributed by atoms with Crippen molar-refractivity contribution in [2.45, 2.75) is 11.8 Å². The van der Waals surface area contributed by atoms with Gasteiger partial charge in [-0.2, -0.15) is 5.26 Å². The Kier molecular flexibility index (Phi) is 3.40. The summed E-state index contributed by atoms with van der Waals surface area (Å²) >= 11 is 0. The summed E-state index contributed by atoms with van der Waals surface area (Å²) in [6.45, 7) is 0. The molecule has 0 aliphatic heterocycles. The zero-order chi connectivity index (χ0) is 13.0. The van der Waals surface area contributed by atoms with E-state index in [0.29, 0.717) is 5.56 Å². The van der Waals surface area contributed by atoms with E-state index in [1.807, 2.05) is 0 Å². The van der Waals surface area contributed by atoms with Crippen LogP contribution in [0.15, 0.2) is 60.7 Å². The summed E-state index contributed by atoms with van der Waals surface area (Å²) in [6.07, 6.45) is -1.51. The van der Waals surface area contributed by atoms with Gasteiger partial charge in [0.25, 0.3) is 5.67 Å². The molecule has 0 saturated carbocycles. The Labute approximate surface area is 105 Å². The van der Waals surface area contributed by atoms with Crippen LogP contribution in [0.2, 0.25) is 0 Å². The van der Waals surface area contributed by atoms with Gasteiger partial charge in [0.1, 0.15) is 12.2 Å². The first-order chi connectivity index (χ1) is 8.68. The van der Waals surface area contributed by atoms with E-state index in [-0.39, 0.29) is 5.56 Å². The summed E-state index contributed by atoms with van der Waals surface area (Å²) in [5, 5.41) is 19.2. The van der Waals surface area contributed by atoms with Crippen LogP contribution in [-0.4, -0.2) is 5.11 Å². The number of hydrogen-bond donors (Lipinski definition) is 1. The number of nitrogens with zero attached hydrogens (tertiary/aromatic N) is 1. The Morgan fingerprint density at radius 1 is 1.00 bits per heavy atom. The molecule has 3 heteroatoms. The van der Waals surface area contributed by atoms with Crippen molar-refractivity contribution in [2.24, 2.45) is 0 Å². The lowest BCUT2D eigenvalue weighted by atomic mass is 9.87. The molecular weight excluding hydrogens is 229 g/mol. The van der Waals surface area contributed by atoms with E-state index in [0.717, 1.165) is 0 Å². The van der Waals surface area contributed by atoms with E-state index in [4.69, 9.17) is 5.26 Å². The predicted molar refractivity (Wildman–Crippen MR) is 66.2 cm³/mol. The standard InChI is InChI=1S/C15H12FNO/c16-15(11-17,13-9-5-2-6-10-13)14(18)12-7-3-1-4-8-12/h1-10,14,18H/t14-,15+/m0/s1. The first kappa shape index (κ1) is 12.3. The Morgan fingerprint density at radius 3 is 2.00 bits per heavy atom. The van der Waals surface area contributed by atoms with Crippen LogP contribution in [0.4, 0.5) is 4.39 Å². The second-order valence-corrected chi connectivity index (χ2v) is 4.00. The highest BCUT2D eigenvalue weighted by Gasteiger charge is 2.41. The molecule has 0 aromatic heterocycles. The van der Waals surface area contributed by atoms with Crippen molar-refractivity contribution in [3.63, 3.8) is 0 Å². The van der Waals surface area contributed by atoms with Crippen molar-refractivity contribution >= 4 is 0 Å². The molecule has 2 aromatic rings. The lowest BCUT2D eigenvalue weighted by molar-refractivity contribution is 0.0267. The van der Waals surface area contributed by atoms with E-state index in [1.165, 1.54) is 12.1 Å². The largest absolute Gasteiger partial charge is 0.383 e. The molecule has 0 radical (unpaired) electrons. The van der Waals surface area contributed by atoms with E-state index < -0.39 is 11.8 Å². The number of nitriles is 1. The fraction of sp³-hybridized carbons (Fsp3) is 0.133. The minimum Gasteiger partial charge on any atom is -0.383 e. The summed E-state index contributed by atoms with van der Waals surface area (Å²) in [7, 11) is 0. The average Bonchev–Trinajstić information content (AvgIpc) is 2.47. The van der Waals surface area contributed by atoms with Crippen LogP contribution in [0.3, 0.4) is 0 Å². The third kappa shape index (κ3) is 2.11. The summed E-state index contributed by atoms with van der Waals surface area (Å²) in [6, 6.07) is 17.9. The SMILES string of the molecule is N#C[C@@](F)(c1ccccc1)[C@@H](O)c1ccccc1. The first-order valence-corrected chi connectivity index (χ1v) is 5.57. The lowest BCUT2D eigenvalue weighted by Gasteiger charge is -2.24. The van der Waals surface area contributed by atoms with Gasteiger partial charge < -0.3 is 5.11 Å². The maximum atomic E-state index is 14.7. The van der Waals surface area contributed by atoms with Crippen molar-refractivity contribution in [3.8, 4) is 6.07 Å². The zero-order valence-electron chi connectivity index (χ0n) is 9.62. The van der Waals surface area contributed by atoms with Crippen molar-refractivity contribution in [2.75, 3.05) is 0 Å². The van der Waals surface area contributed by atoms with Gasteiger partial charge in [-0.15, -0.1) is 0 Å². The van der Waals surface area contributed by atoms with Crippen LogP contribution < -0.4 is 0 Å². The van der Waals surface area contributed by atoms with Gasteiger partial charge in [-0.3, -0.25) is 0 Å². The van der Waals surface area contributed by atoms with Gasteiger partial charge in [0.2, 0.25) is 0 Å². The highest BCUT2D eigenvalue weighted by atomic mass is 19.1. The predicted octanol–water partition coefficient (Wildman–Crippen LogP) is 3.11. The van der Waals surface area contributed by atoms with Crippen molar-refractivity contribution in [3.05, 3.63) is 71.8 Å². The molecule has 18 heavy (non-hydrogen) atoms. The van der Waals surface area contributed by atoms with Gasteiger partial charge in [0.15, 0.2) is 0 Å². The number of halogens is 1. The smallest absolute Gasteiger partial charge is 0.250 e. The van der Waals surface area contributed by atoms with E-state index in [2.05, 4.69) is 0 Å². The van der Waals surface area contributed by atoms with Crippen molar-refractivity contribution < 1.29 is 9.50 Å². The van der Waals surface area contributed by atoms with Crippen LogP contribution in [-0.2, 0) is 5.67 Å². The van der Waals surface area contributed by atoms with Crippen LogP contribution in [0.1, 0.15) is 17.2 Å². The maximum absolute atomic E-state index is 14.7. The van der Waals surface area contributed by atoms with Gasteiger partial charge in [-0.1, -0.05) is 60.7 Å². The van der Waals surface area contributed by atoms with Crippen molar-refractivity contribution in [1.82, 2.24) is 0 Å². The monoisotopic (exact) mass is 241 g/mol. The molecule has 0 unspecified atom stereocenters. The molecule has 0 bridgehead atoms. The van der Waals surface area contributed by atoms with Gasteiger partial charge in [0, 0.05) is 5.56 Å². The molecular formula is C15H12FNO. The van der Waals surface area contributed by atoms with Crippen LogP contribution >= 0.6 is 0 Å². The minimum absolute atomic E-state index is 0.156. The molecule has 0 saturated heterocycles. The molecule has 0 spiro atoms. The second-order valence-electron chi connectivity index (χ2n) is 4.00. The summed E-state index contributed by atoms with van der Waals surface area (Å²) < 4.78 is 14.7. The van der Waals surface area contributed by atoms with Crippen LogP contribution in [0.5, 0.6) is 0 Å². The average molecular weight is 241 g/mol. The molecule has 90 valence electrons. The van der Waals surface area contributed by atoms with Gasteiger partial charge in [-0.25, -0.2) is 4.39 Å². The fourth-order valence-electron chi connectivity index (χ4n) is 1.83. The number of hydrogen-bond acceptors (Lipinski definition) is 2. The molecule has 0 heterocycles.